The molecule has 0 amide bonds. The van der Waals surface area contributed by atoms with Crippen molar-refractivity contribution in [2.75, 3.05) is 0 Å². The quantitative estimate of drug-likeness (QED) is 0.436. The lowest BCUT2D eigenvalue weighted by molar-refractivity contribution is 0.00578. The summed E-state index contributed by atoms with van der Waals surface area (Å²) in [5, 5.41) is 0. The first-order valence-corrected chi connectivity index (χ1v) is 14.0. The zero-order chi connectivity index (χ0) is 20.8. The van der Waals surface area contributed by atoms with Crippen molar-refractivity contribution in [1.29, 1.82) is 0 Å². The van der Waals surface area contributed by atoms with E-state index in [2.05, 4.69) is 31.1 Å². The molecule has 8 heteroatoms. The molecular formula is C19H28BFO4SSi. The number of hydrogen-bond donors (Lipinski definition) is 0. The van der Waals surface area contributed by atoms with E-state index in [9.17, 15) is 12.3 Å². The van der Waals surface area contributed by atoms with Gasteiger partial charge in [-0.3, -0.25) is 0 Å². The van der Waals surface area contributed by atoms with Gasteiger partial charge < -0.3 is 9.31 Å². The van der Waals surface area contributed by atoms with Crippen molar-refractivity contribution in [3.63, 3.8) is 0 Å². The largest absolute Gasteiger partial charge is 0.495 e. The third kappa shape index (κ3) is 5.44. The van der Waals surface area contributed by atoms with Crippen molar-refractivity contribution in [2.45, 2.75) is 71.2 Å². The van der Waals surface area contributed by atoms with Gasteiger partial charge in [0.2, 0.25) is 0 Å². The highest BCUT2D eigenvalue weighted by molar-refractivity contribution is 7.85. The summed E-state index contributed by atoms with van der Waals surface area (Å²) in [7, 11) is -6.96. The molecule has 27 heavy (non-hydrogen) atoms. The van der Waals surface area contributed by atoms with Gasteiger partial charge in [-0.15, -0.1) is 9.43 Å². The van der Waals surface area contributed by atoms with Gasteiger partial charge in [0.25, 0.3) is 0 Å². The molecule has 0 radical (unpaired) electrons. The van der Waals surface area contributed by atoms with Gasteiger partial charge in [-0.05, 0) is 57.3 Å². The molecule has 148 valence electrons. The molecule has 0 aliphatic carbocycles. The Bertz CT molecular complexity index is 892. The first-order valence-electron chi connectivity index (χ1n) is 8.95. The highest BCUT2D eigenvalue weighted by Gasteiger charge is 2.52. The highest BCUT2D eigenvalue weighted by atomic mass is 32.3. The van der Waals surface area contributed by atoms with Crippen molar-refractivity contribution in [1.82, 2.24) is 0 Å². The first-order chi connectivity index (χ1) is 12.0. The van der Waals surface area contributed by atoms with E-state index in [1.807, 2.05) is 34.6 Å². The van der Waals surface area contributed by atoms with Crippen LogP contribution in [0, 0.1) is 18.4 Å². The van der Waals surface area contributed by atoms with E-state index in [0.29, 0.717) is 16.6 Å². The third-order valence-corrected chi connectivity index (χ3v) is 6.48. The van der Waals surface area contributed by atoms with E-state index in [-0.39, 0.29) is 0 Å². The maximum Gasteiger partial charge on any atom is 0.495 e. The lowest BCUT2D eigenvalue weighted by atomic mass is 9.74. The molecule has 1 aromatic carbocycles. The van der Waals surface area contributed by atoms with Crippen LogP contribution < -0.4 is 5.46 Å². The summed E-state index contributed by atoms with van der Waals surface area (Å²) >= 11 is 0. The Labute approximate surface area is 164 Å². The Morgan fingerprint density at radius 1 is 1.11 bits per heavy atom. The molecule has 4 nitrogen and oxygen atoms in total. The monoisotopic (exact) mass is 410 g/mol. The minimum absolute atomic E-state index is 0.340. The molecule has 1 saturated heterocycles. The number of benzene rings is 1. The first kappa shape index (κ1) is 22.2. The minimum atomic E-state index is -4.66. The predicted octanol–water partition coefficient (Wildman–Crippen LogP) is 3.32. The van der Waals surface area contributed by atoms with Gasteiger partial charge in [0, 0.05) is 5.56 Å². The van der Waals surface area contributed by atoms with Crippen LogP contribution in [-0.4, -0.2) is 34.8 Å². The fourth-order valence-corrected chi connectivity index (χ4v) is 3.76. The van der Waals surface area contributed by atoms with Crippen molar-refractivity contribution in [3.8, 4) is 11.5 Å². The summed E-state index contributed by atoms with van der Waals surface area (Å²) in [5.74, 6) is 2.47. The lowest BCUT2D eigenvalue weighted by Gasteiger charge is -2.32. The topological polar surface area (TPSA) is 52.6 Å². The Kier molecular flexibility index (Phi) is 5.77. The summed E-state index contributed by atoms with van der Waals surface area (Å²) in [4.78, 5) is 0. The molecule has 1 aliphatic rings. The molecule has 1 heterocycles. The van der Waals surface area contributed by atoms with Crippen LogP contribution in [0.2, 0.25) is 19.6 Å². The predicted molar refractivity (Wildman–Crippen MR) is 111 cm³/mol. The van der Waals surface area contributed by atoms with E-state index in [4.69, 9.17) is 9.31 Å². The van der Waals surface area contributed by atoms with Crippen LogP contribution in [-0.2, 0) is 25.3 Å². The lowest BCUT2D eigenvalue weighted by Crippen LogP contribution is -2.41. The molecule has 0 atom stereocenters. The fourth-order valence-electron chi connectivity index (χ4n) is 2.68. The average molecular weight is 410 g/mol. The fraction of sp³-hybridized carbons (Fsp3) is 0.579. The zero-order valence-electron chi connectivity index (χ0n) is 17.4. The van der Waals surface area contributed by atoms with Crippen LogP contribution in [0.15, 0.2) is 12.1 Å². The second kappa shape index (κ2) is 7.03. The van der Waals surface area contributed by atoms with Gasteiger partial charge in [0.05, 0.1) is 11.2 Å². The van der Waals surface area contributed by atoms with Gasteiger partial charge in [-0.2, -0.15) is 8.42 Å². The second-order valence-corrected chi connectivity index (χ2v) is 15.2. The average Bonchev–Trinajstić information content (AvgIpc) is 2.65. The molecule has 0 N–H and O–H groups in total. The standard InChI is InChI=1S/C19H28BFO4SSi/c1-14-16(9-10-27(6,7)8)11-15(13-26(21,22)23)12-17(14)20-24-18(2,3)19(4,5)25-20/h11-12H,13H2,1-8H3. The maximum atomic E-state index is 13.3. The van der Waals surface area contributed by atoms with E-state index >= 15 is 0 Å². The Balaban J connectivity index is 2.59. The molecule has 1 aromatic rings. The minimum Gasteiger partial charge on any atom is -0.399 e. The second-order valence-electron chi connectivity index (χ2n) is 9.13. The van der Waals surface area contributed by atoms with Gasteiger partial charge in [0.15, 0.2) is 0 Å². The highest BCUT2D eigenvalue weighted by Crippen LogP contribution is 2.37. The Hall–Kier alpha value is -1.14. The number of halogens is 1. The Morgan fingerprint density at radius 2 is 1.63 bits per heavy atom. The van der Waals surface area contributed by atoms with Crippen LogP contribution in [0.4, 0.5) is 3.89 Å². The molecule has 0 aromatic heterocycles. The normalized spacial score (nSPS) is 18.9. The SMILES string of the molecule is Cc1c(C#C[Si](C)(C)C)cc(CS(=O)(=O)F)cc1B1OC(C)(C)C(C)(C)O1. The van der Waals surface area contributed by atoms with Crippen molar-refractivity contribution < 1.29 is 21.6 Å². The molecule has 1 fully saturated rings. The molecule has 0 bridgehead atoms. The maximum absolute atomic E-state index is 13.3. The zero-order valence-corrected chi connectivity index (χ0v) is 19.2. The summed E-state index contributed by atoms with van der Waals surface area (Å²) < 4.78 is 47.9. The molecule has 0 spiro atoms. The summed E-state index contributed by atoms with van der Waals surface area (Å²) in [6, 6.07) is 3.29. The molecular weight excluding hydrogens is 382 g/mol. The summed E-state index contributed by atoms with van der Waals surface area (Å²) in [5.41, 5.74) is 4.79. The van der Waals surface area contributed by atoms with Gasteiger partial charge >= 0.3 is 17.3 Å². The van der Waals surface area contributed by atoms with E-state index in [1.54, 1.807) is 12.1 Å². The van der Waals surface area contributed by atoms with Crippen LogP contribution in [0.1, 0.15) is 44.4 Å². The molecule has 2 rings (SSSR count). The third-order valence-electron chi connectivity index (χ3n) is 4.93. The Morgan fingerprint density at radius 3 is 2.07 bits per heavy atom. The van der Waals surface area contributed by atoms with E-state index in [1.165, 1.54) is 0 Å². The van der Waals surface area contributed by atoms with E-state index < -0.39 is 42.4 Å². The molecule has 1 aliphatic heterocycles. The molecule has 0 unspecified atom stereocenters. The van der Waals surface area contributed by atoms with Crippen molar-refractivity contribution >= 4 is 30.9 Å². The smallest absolute Gasteiger partial charge is 0.399 e. The summed E-state index contributed by atoms with van der Waals surface area (Å²) in [6.07, 6.45) is 0. The van der Waals surface area contributed by atoms with Crippen LogP contribution >= 0.6 is 0 Å². The number of rotatable bonds is 3. The van der Waals surface area contributed by atoms with E-state index in [0.717, 1.165) is 5.56 Å². The van der Waals surface area contributed by atoms with Crippen LogP contribution in [0.5, 0.6) is 0 Å². The van der Waals surface area contributed by atoms with Crippen LogP contribution in [0.3, 0.4) is 0 Å². The van der Waals surface area contributed by atoms with Crippen molar-refractivity contribution in [3.05, 3.63) is 28.8 Å². The summed E-state index contributed by atoms with van der Waals surface area (Å²) in [6.45, 7) is 16.1. The van der Waals surface area contributed by atoms with Gasteiger partial charge in [-0.1, -0.05) is 31.6 Å². The van der Waals surface area contributed by atoms with Gasteiger partial charge in [-0.25, -0.2) is 0 Å². The number of hydrogen-bond acceptors (Lipinski definition) is 4. The van der Waals surface area contributed by atoms with Crippen LogP contribution in [0.25, 0.3) is 0 Å². The van der Waals surface area contributed by atoms with Gasteiger partial charge in [0.1, 0.15) is 13.8 Å². The van der Waals surface area contributed by atoms with Crippen molar-refractivity contribution in [2.24, 2.45) is 0 Å². The molecule has 0 saturated carbocycles.